The molecule has 6 rings (SSSR count). The summed E-state index contributed by atoms with van der Waals surface area (Å²) in [5.74, 6) is -0.974. The van der Waals surface area contributed by atoms with Gasteiger partial charge in [0.15, 0.2) is 0 Å². The minimum absolute atomic E-state index is 0.0152. The van der Waals surface area contributed by atoms with E-state index in [0.29, 0.717) is 45.4 Å². The van der Waals surface area contributed by atoms with Gasteiger partial charge in [0, 0.05) is 39.1 Å². The van der Waals surface area contributed by atoms with E-state index in [9.17, 15) is 24.3 Å². The van der Waals surface area contributed by atoms with Gasteiger partial charge in [0.25, 0.3) is 0 Å². The van der Waals surface area contributed by atoms with E-state index in [-0.39, 0.29) is 56.0 Å². The second-order valence-electron chi connectivity index (χ2n) is 17.5. The maximum atomic E-state index is 16.1. The first-order chi connectivity index (χ1) is 27.6. The highest BCUT2D eigenvalue weighted by Gasteiger charge is 2.45. The number of likely N-dealkylation sites (tertiary alicyclic amines) is 3. The van der Waals surface area contributed by atoms with Gasteiger partial charge in [-0.15, -0.1) is 11.3 Å². The predicted octanol–water partition coefficient (Wildman–Crippen LogP) is 6.03. The molecule has 58 heavy (non-hydrogen) atoms. The normalized spacial score (nSPS) is 21.3. The zero-order valence-electron chi connectivity index (χ0n) is 34.4. The molecule has 14 heteroatoms. The fourth-order valence-corrected chi connectivity index (χ4v) is 9.20. The second-order valence-corrected chi connectivity index (χ2v) is 18.3. The predicted molar refractivity (Wildman–Crippen MR) is 221 cm³/mol. The number of carbonyl (C=O) groups excluding carboxylic acids is 4. The van der Waals surface area contributed by atoms with Crippen LogP contribution in [0.1, 0.15) is 89.1 Å². The number of alkyl halides is 1. The Labute approximate surface area is 345 Å². The van der Waals surface area contributed by atoms with Gasteiger partial charge in [-0.05, 0) is 74.0 Å². The maximum Gasteiger partial charge on any atom is 0.410 e. The van der Waals surface area contributed by atoms with Crippen LogP contribution >= 0.6 is 11.3 Å². The summed E-state index contributed by atoms with van der Waals surface area (Å²) in [5, 5.41) is 16.6. The van der Waals surface area contributed by atoms with Crippen molar-refractivity contribution in [1.29, 1.82) is 0 Å². The summed E-state index contributed by atoms with van der Waals surface area (Å²) in [6.07, 6.45) is 1.35. The van der Waals surface area contributed by atoms with Crippen molar-refractivity contribution in [2.45, 2.75) is 110 Å². The lowest BCUT2D eigenvalue weighted by molar-refractivity contribution is -0.144. The van der Waals surface area contributed by atoms with Gasteiger partial charge in [0.05, 0.1) is 34.8 Å². The SMILES string of the molecule is Cc1ncsc1-c1ccc(C(C)NC(=O)[C@@H]2C[C@@H](O)CN2C(=O)C(NC(=O)CN2CCC(F)(CC3CCN(C(=O)OCc4ccccc4)CC3)CC2)C(C)(C)C)cc1. The Hall–Kier alpha value is -4.40. The number of nitrogens with zero attached hydrogens (tertiary/aromatic N) is 4. The van der Waals surface area contributed by atoms with E-state index in [2.05, 4.69) is 15.6 Å². The number of aliphatic hydroxyl groups excluding tert-OH is 1. The number of aryl methyl sites for hydroxylation is 1. The molecule has 1 aromatic heterocycles. The van der Waals surface area contributed by atoms with E-state index >= 15 is 4.39 Å². The third kappa shape index (κ3) is 11.0. The van der Waals surface area contributed by atoms with E-state index in [1.165, 1.54) is 4.90 Å². The molecule has 12 nitrogen and oxygen atoms in total. The lowest BCUT2D eigenvalue weighted by Gasteiger charge is -2.40. The maximum absolute atomic E-state index is 16.1. The highest BCUT2D eigenvalue weighted by atomic mass is 32.1. The monoisotopic (exact) mass is 818 g/mol. The number of hydrogen-bond acceptors (Lipinski definition) is 9. The summed E-state index contributed by atoms with van der Waals surface area (Å²) >= 11 is 1.57. The van der Waals surface area contributed by atoms with Crippen LogP contribution in [0.5, 0.6) is 0 Å². The molecule has 3 aromatic rings. The number of thiazole rings is 1. The van der Waals surface area contributed by atoms with Crippen molar-refractivity contribution in [3.05, 3.63) is 76.9 Å². The minimum Gasteiger partial charge on any atom is -0.445 e. The van der Waals surface area contributed by atoms with Gasteiger partial charge in [0.1, 0.15) is 24.4 Å². The summed E-state index contributed by atoms with van der Waals surface area (Å²) in [6.45, 7) is 11.5. The van der Waals surface area contributed by atoms with Crippen molar-refractivity contribution in [1.82, 2.24) is 30.3 Å². The molecule has 3 saturated heterocycles. The van der Waals surface area contributed by atoms with Gasteiger partial charge >= 0.3 is 6.09 Å². The Bertz CT molecular complexity index is 1870. The molecule has 3 N–H and O–H groups in total. The molecule has 2 unspecified atom stereocenters. The largest absolute Gasteiger partial charge is 0.445 e. The molecule has 4 amide bonds. The number of rotatable bonds is 12. The average molecular weight is 819 g/mol. The number of hydrogen-bond donors (Lipinski definition) is 3. The fraction of sp³-hybridized carbons (Fsp3) is 0.568. The number of aromatic nitrogens is 1. The van der Waals surface area contributed by atoms with Crippen molar-refractivity contribution < 1.29 is 33.4 Å². The summed E-state index contributed by atoms with van der Waals surface area (Å²) in [4.78, 5) is 64.4. The fourth-order valence-electron chi connectivity index (χ4n) is 8.39. The smallest absolute Gasteiger partial charge is 0.410 e. The van der Waals surface area contributed by atoms with E-state index < -0.39 is 35.2 Å². The lowest BCUT2D eigenvalue weighted by atomic mass is 9.80. The van der Waals surface area contributed by atoms with Crippen LogP contribution in [0.25, 0.3) is 10.4 Å². The molecule has 4 atom stereocenters. The van der Waals surface area contributed by atoms with Crippen molar-refractivity contribution in [3.63, 3.8) is 0 Å². The van der Waals surface area contributed by atoms with Crippen molar-refractivity contribution in [2.75, 3.05) is 39.3 Å². The van der Waals surface area contributed by atoms with E-state index in [0.717, 1.165) is 40.1 Å². The highest BCUT2D eigenvalue weighted by molar-refractivity contribution is 7.13. The molecule has 3 aliphatic heterocycles. The number of amides is 4. The van der Waals surface area contributed by atoms with Gasteiger partial charge in [-0.3, -0.25) is 19.3 Å². The molecule has 2 aromatic carbocycles. The molecular weight excluding hydrogens is 760 g/mol. The summed E-state index contributed by atoms with van der Waals surface area (Å²) in [6, 6.07) is 15.3. The molecule has 3 aliphatic rings. The van der Waals surface area contributed by atoms with Gasteiger partial charge < -0.3 is 30.3 Å². The van der Waals surface area contributed by atoms with Crippen molar-refractivity contribution in [2.24, 2.45) is 11.3 Å². The van der Waals surface area contributed by atoms with Crippen LogP contribution in [0.2, 0.25) is 0 Å². The number of benzene rings is 2. The zero-order valence-corrected chi connectivity index (χ0v) is 35.2. The third-order valence-corrected chi connectivity index (χ3v) is 12.9. The molecule has 0 aliphatic carbocycles. The molecule has 3 fully saturated rings. The van der Waals surface area contributed by atoms with Gasteiger partial charge in [-0.25, -0.2) is 14.2 Å². The Kier molecular flexibility index (Phi) is 13.9. The lowest BCUT2D eigenvalue weighted by Crippen LogP contribution is -2.59. The first-order valence-corrected chi connectivity index (χ1v) is 21.4. The van der Waals surface area contributed by atoms with Crippen LogP contribution in [0.3, 0.4) is 0 Å². The Morgan fingerprint density at radius 1 is 1.00 bits per heavy atom. The summed E-state index contributed by atoms with van der Waals surface area (Å²) in [7, 11) is 0. The third-order valence-electron chi connectivity index (χ3n) is 11.9. The molecule has 4 heterocycles. The number of halogens is 1. The number of ether oxygens (including phenoxy) is 1. The highest BCUT2D eigenvalue weighted by Crippen LogP contribution is 2.37. The first kappa shape index (κ1) is 43.2. The van der Waals surface area contributed by atoms with Crippen LogP contribution in [0, 0.1) is 18.3 Å². The topological polar surface area (TPSA) is 144 Å². The van der Waals surface area contributed by atoms with Crippen LogP contribution in [0.15, 0.2) is 60.1 Å². The van der Waals surface area contributed by atoms with E-state index in [1.807, 2.05) is 99.6 Å². The van der Waals surface area contributed by atoms with Crippen molar-refractivity contribution >= 4 is 35.2 Å². The quantitative estimate of drug-likeness (QED) is 0.201. The molecular formula is C44H59FN6O6S. The number of nitrogens with one attached hydrogen (secondary N) is 2. The van der Waals surface area contributed by atoms with Crippen molar-refractivity contribution in [3.8, 4) is 10.4 Å². The van der Waals surface area contributed by atoms with Gasteiger partial charge in [-0.2, -0.15) is 0 Å². The van der Waals surface area contributed by atoms with E-state index in [1.54, 1.807) is 16.2 Å². The number of piperidine rings is 2. The van der Waals surface area contributed by atoms with Crippen LogP contribution in [-0.4, -0.2) is 112 Å². The molecule has 314 valence electrons. The summed E-state index contributed by atoms with van der Waals surface area (Å²) < 4.78 is 21.6. The van der Waals surface area contributed by atoms with Gasteiger partial charge in [0.2, 0.25) is 17.7 Å². The zero-order chi connectivity index (χ0) is 41.6. The number of carbonyl (C=O) groups is 4. The second kappa shape index (κ2) is 18.7. The van der Waals surface area contributed by atoms with Crippen LogP contribution in [0.4, 0.5) is 9.18 Å². The Balaban J connectivity index is 0.964. The standard InChI is InChI=1S/C44H59FN6O6S/c1-29(33-11-13-34(14-12-33)38-30(2)46-28-58-38)47-40(54)36-23-35(52)25-51(36)41(55)39(43(3,4)5)48-37(53)26-49-21-17-44(45,18-22-49)24-31-15-19-50(20-16-31)42(56)57-27-32-9-7-6-8-10-32/h6-14,28-29,31,35-36,39,52H,15-27H2,1-5H3,(H,47,54)(H,48,53)/t29?,35-,36+,39?/m1/s1. The van der Waals surface area contributed by atoms with Gasteiger partial charge in [-0.1, -0.05) is 75.4 Å². The Morgan fingerprint density at radius 2 is 1.67 bits per heavy atom. The molecule has 0 saturated carbocycles. The first-order valence-electron chi connectivity index (χ1n) is 20.5. The molecule has 0 radical (unpaired) electrons. The number of aliphatic hydroxyl groups is 1. The number of β-amino-alcohol motifs (C(OH)–C–C–N with tert-alkyl or cyclic N) is 1. The Morgan fingerprint density at radius 3 is 2.29 bits per heavy atom. The minimum atomic E-state index is -1.34. The van der Waals surface area contributed by atoms with Crippen LogP contribution in [-0.2, 0) is 25.7 Å². The molecule has 0 bridgehead atoms. The van der Waals surface area contributed by atoms with Crippen LogP contribution < -0.4 is 10.6 Å². The summed E-state index contributed by atoms with van der Waals surface area (Å²) in [5.41, 5.74) is 3.62. The molecule has 0 spiro atoms. The van der Waals surface area contributed by atoms with E-state index in [4.69, 9.17) is 4.74 Å². The average Bonchev–Trinajstić information content (AvgIpc) is 3.82.